The molecule has 0 bridgehead atoms. The van der Waals surface area contributed by atoms with Crippen molar-refractivity contribution >= 4 is 29.1 Å². The van der Waals surface area contributed by atoms with E-state index in [2.05, 4.69) is 6.26 Å². The monoisotopic (exact) mass is 164 g/mol. The van der Waals surface area contributed by atoms with E-state index in [-0.39, 0.29) is 0 Å². The van der Waals surface area contributed by atoms with Gasteiger partial charge in [0.15, 0.2) is 5.11 Å². The molecule has 54 valence electrons. The van der Waals surface area contributed by atoms with E-state index in [4.69, 9.17) is 18.0 Å². The number of hydrogen-bond donors (Lipinski definition) is 1. The second kappa shape index (κ2) is 4.88. The molecule has 0 heterocycles. The topological polar surface area (TPSA) is 29.3 Å². The summed E-state index contributed by atoms with van der Waals surface area (Å²) < 4.78 is 0. The molecule has 4 heteroatoms. The third-order valence-electron chi connectivity index (χ3n) is 1.01. The lowest BCUT2D eigenvalue weighted by atomic mass is 10.6. The molecular formula is C5H12N2S2. The van der Waals surface area contributed by atoms with Gasteiger partial charge in [0, 0.05) is 19.3 Å². The smallest absolute Gasteiger partial charge is 0.166 e. The van der Waals surface area contributed by atoms with Crippen molar-refractivity contribution in [3.63, 3.8) is 0 Å². The molecule has 0 spiro atoms. The Kier molecular flexibility index (Phi) is 4.90. The van der Waals surface area contributed by atoms with Gasteiger partial charge in [-0.2, -0.15) is 11.8 Å². The highest BCUT2D eigenvalue weighted by molar-refractivity contribution is 7.98. The first-order valence-corrected chi connectivity index (χ1v) is 4.48. The maximum atomic E-state index is 5.32. The zero-order valence-corrected chi connectivity index (χ0v) is 7.39. The molecule has 0 aromatic carbocycles. The van der Waals surface area contributed by atoms with Crippen molar-refractivity contribution in [1.82, 2.24) is 4.90 Å². The SMILES string of the molecule is CSCCN(C)C(N)=S. The third kappa shape index (κ3) is 4.54. The van der Waals surface area contributed by atoms with Crippen LogP contribution in [0.5, 0.6) is 0 Å². The highest BCUT2D eigenvalue weighted by atomic mass is 32.2. The van der Waals surface area contributed by atoms with Crippen LogP contribution in [0, 0.1) is 0 Å². The maximum Gasteiger partial charge on any atom is 0.166 e. The van der Waals surface area contributed by atoms with Gasteiger partial charge < -0.3 is 10.6 Å². The summed E-state index contributed by atoms with van der Waals surface area (Å²) in [6, 6.07) is 0. The second-order valence-electron chi connectivity index (χ2n) is 1.75. The molecule has 0 radical (unpaired) electrons. The first-order chi connectivity index (χ1) is 4.18. The fourth-order valence-corrected chi connectivity index (χ4v) is 0.886. The van der Waals surface area contributed by atoms with Crippen LogP contribution in [0.25, 0.3) is 0 Å². The Balaban J connectivity index is 3.27. The number of hydrogen-bond acceptors (Lipinski definition) is 2. The van der Waals surface area contributed by atoms with Crippen LogP contribution in [0.4, 0.5) is 0 Å². The summed E-state index contributed by atoms with van der Waals surface area (Å²) in [6.45, 7) is 0.941. The molecule has 0 aliphatic rings. The van der Waals surface area contributed by atoms with Crippen LogP contribution in [0.1, 0.15) is 0 Å². The Hall–Kier alpha value is 0.0400. The van der Waals surface area contributed by atoms with E-state index in [1.54, 1.807) is 11.8 Å². The van der Waals surface area contributed by atoms with Gasteiger partial charge in [-0.15, -0.1) is 0 Å². The first kappa shape index (κ1) is 9.04. The van der Waals surface area contributed by atoms with Gasteiger partial charge in [-0.1, -0.05) is 0 Å². The van der Waals surface area contributed by atoms with E-state index in [0.717, 1.165) is 12.3 Å². The standard InChI is InChI=1S/C5H12N2S2/c1-7(5(6)8)3-4-9-2/h3-4H2,1-2H3,(H2,6,8). The number of thiocarbonyl (C=S) groups is 1. The number of nitrogens with zero attached hydrogens (tertiary/aromatic N) is 1. The van der Waals surface area contributed by atoms with Gasteiger partial charge in [0.05, 0.1) is 0 Å². The van der Waals surface area contributed by atoms with Gasteiger partial charge >= 0.3 is 0 Å². The largest absolute Gasteiger partial charge is 0.376 e. The van der Waals surface area contributed by atoms with Crippen molar-refractivity contribution in [3.8, 4) is 0 Å². The highest BCUT2D eigenvalue weighted by Crippen LogP contribution is 1.92. The normalized spacial score (nSPS) is 9.11. The number of nitrogens with two attached hydrogens (primary N) is 1. The van der Waals surface area contributed by atoms with Gasteiger partial charge in [-0.05, 0) is 18.5 Å². The van der Waals surface area contributed by atoms with Crippen LogP contribution in [0.2, 0.25) is 0 Å². The minimum Gasteiger partial charge on any atom is -0.376 e. The molecule has 0 fully saturated rings. The van der Waals surface area contributed by atoms with Crippen LogP contribution >= 0.6 is 24.0 Å². The molecule has 0 saturated carbocycles. The summed E-state index contributed by atoms with van der Waals surface area (Å²) in [5.41, 5.74) is 5.32. The van der Waals surface area contributed by atoms with Crippen LogP contribution < -0.4 is 5.73 Å². The van der Waals surface area contributed by atoms with Crippen LogP contribution in [-0.2, 0) is 0 Å². The Morgan fingerprint density at radius 3 is 2.67 bits per heavy atom. The Bertz CT molecular complexity index is 95.0. The quantitative estimate of drug-likeness (QED) is 0.616. The average Bonchev–Trinajstić information content (AvgIpc) is 1.82. The molecular weight excluding hydrogens is 152 g/mol. The minimum atomic E-state index is 0.476. The molecule has 0 amide bonds. The molecule has 0 aliphatic heterocycles. The summed E-state index contributed by atoms with van der Waals surface area (Å²) in [5, 5.41) is 0.476. The average molecular weight is 164 g/mol. The molecule has 0 aromatic rings. The molecule has 0 aliphatic carbocycles. The summed E-state index contributed by atoms with van der Waals surface area (Å²) in [5.74, 6) is 1.08. The molecule has 2 nitrogen and oxygen atoms in total. The van der Waals surface area contributed by atoms with Gasteiger partial charge in [-0.3, -0.25) is 0 Å². The lowest BCUT2D eigenvalue weighted by Gasteiger charge is -2.14. The zero-order chi connectivity index (χ0) is 7.28. The van der Waals surface area contributed by atoms with E-state index >= 15 is 0 Å². The molecule has 2 N–H and O–H groups in total. The van der Waals surface area contributed by atoms with Gasteiger partial charge in [-0.25, -0.2) is 0 Å². The van der Waals surface area contributed by atoms with Crippen molar-refractivity contribution in [1.29, 1.82) is 0 Å². The van der Waals surface area contributed by atoms with Crippen molar-refractivity contribution in [2.24, 2.45) is 5.73 Å². The minimum absolute atomic E-state index is 0.476. The van der Waals surface area contributed by atoms with E-state index < -0.39 is 0 Å². The first-order valence-electron chi connectivity index (χ1n) is 2.68. The molecule has 9 heavy (non-hydrogen) atoms. The predicted molar refractivity (Wildman–Crippen MR) is 47.8 cm³/mol. The highest BCUT2D eigenvalue weighted by Gasteiger charge is 1.95. The Labute approximate surface area is 65.8 Å². The van der Waals surface area contributed by atoms with Crippen molar-refractivity contribution in [2.75, 3.05) is 25.6 Å². The summed E-state index contributed by atoms with van der Waals surface area (Å²) >= 11 is 6.52. The van der Waals surface area contributed by atoms with E-state index in [0.29, 0.717) is 5.11 Å². The lowest BCUT2D eigenvalue weighted by molar-refractivity contribution is 0.544. The van der Waals surface area contributed by atoms with Crippen LogP contribution in [0.3, 0.4) is 0 Å². The molecule has 0 saturated heterocycles. The van der Waals surface area contributed by atoms with Crippen molar-refractivity contribution in [2.45, 2.75) is 0 Å². The maximum absolute atomic E-state index is 5.32. The van der Waals surface area contributed by atoms with Crippen molar-refractivity contribution < 1.29 is 0 Å². The lowest BCUT2D eigenvalue weighted by Crippen LogP contribution is -2.33. The second-order valence-corrected chi connectivity index (χ2v) is 3.16. The van der Waals surface area contributed by atoms with Gasteiger partial charge in [0.25, 0.3) is 0 Å². The van der Waals surface area contributed by atoms with E-state index in [1.807, 2.05) is 11.9 Å². The molecule has 0 atom stereocenters. The third-order valence-corrected chi connectivity index (χ3v) is 1.91. The summed E-state index contributed by atoms with van der Waals surface area (Å²) in [6.07, 6.45) is 2.06. The number of thioether (sulfide) groups is 1. The number of rotatable bonds is 3. The molecule has 0 aromatic heterocycles. The fraction of sp³-hybridized carbons (Fsp3) is 0.800. The molecule has 0 unspecified atom stereocenters. The molecule has 0 rings (SSSR count). The Morgan fingerprint density at radius 2 is 2.33 bits per heavy atom. The predicted octanol–water partition coefficient (Wildman–Crippen LogP) is 0.525. The zero-order valence-electron chi connectivity index (χ0n) is 5.76. The van der Waals surface area contributed by atoms with Gasteiger partial charge in [0.1, 0.15) is 0 Å². The van der Waals surface area contributed by atoms with Crippen LogP contribution in [0.15, 0.2) is 0 Å². The summed E-state index contributed by atoms with van der Waals surface area (Å²) in [7, 11) is 1.90. The summed E-state index contributed by atoms with van der Waals surface area (Å²) in [4.78, 5) is 1.87. The fourth-order valence-electron chi connectivity index (χ4n) is 0.338. The van der Waals surface area contributed by atoms with Crippen molar-refractivity contribution in [3.05, 3.63) is 0 Å². The van der Waals surface area contributed by atoms with Crippen LogP contribution in [-0.4, -0.2) is 35.6 Å². The van der Waals surface area contributed by atoms with E-state index in [1.165, 1.54) is 0 Å². The van der Waals surface area contributed by atoms with E-state index in [9.17, 15) is 0 Å². The Morgan fingerprint density at radius 1 is 1.78 bits per heavy atom. The van der Waals surface area contributed by atoms with Gasteiger partial charge in [0.2, 0.25) is 0 Å².